The Labute approximate surface area is 118 Å². The van der Waals surface area contributed by atoms with E-state index in [4.69, 9.17) is 4.52 Å². The molecule has 0 saturated carbocycles. The van der Waals surface area contributed by atoms with Crippen LogP contribution in [-0.2, 0) is 10.0 Å². The molecule has 2 aliphatic rings. The Morgan fingerprint density at radius 1 is 1.20 bits per heavy atom. The highest BCUT2D eigenvalue weighted by Gasteiger charge is 2.35. The van der Waals surface area contributed by atoms with Gasteiger partial charge in [0.25, 0.3) is 0 Å². The molecule has 112 valence electrons. The number of aryl methyl sites for hydroxylation is 2. The molecule has 0 amide bonds. The molecule has 1 aromatic heterocycles. The van der Waals surface area contributed by atoms with E-state index in [1.54, 1.807) is 18.2 Å². The highest BCUT2D eigenvalue weighted by atomic mass is 32.2. The molecule has 2 aliphatic heterocycles. The highest BCUT2D eigenvalue weighted by molar-refractivity contribution is 7.89. The molecule has 3 rings (SSSR count). The summed E-state index contributed by atoms with van der Waals surface area (Å²) < 4.78 is 31.8. The van der Waals surface area contributed by atoms with Gasteiger partial charge in [-0.2, -0.15) is 4.31 Å². The molecule has 20 heavy (non-hydrogen) atoms. The molecule has 0 atom stereocenters. The fourth-order valence-corrected chi connectivity index (χ4v) is 4.53. The molecule has 7 nitrogen and oxygen atoms in total. The summed E-state index contributed by atoms with van der Waals surface area (Å²) in [5.74, 6) is 0.369. The van der Waals surface area contributed by atoms with Crippen LogP contribution in [0.3, 0.4) is 0 Å². The second-order valence-electron chi connectivity index (χ2n) is 5.41. The van der Waals surface area contributed by atoms with Crippen molar-refractivity contribution < 1.29 is 12.9 Å². The van der Waals surface area contributed by atoms with Crippen molar-refractivity contribution in [2.45, 2.75) is 24.8 Å². The molecule has 1 N–H and O–H groups in total. The minimum Gasteiger partial charge on any atom is -0.360 e. The molecular weight excluding hydrogens is 280 g/mol. The van der Waals surface area contributed by atoms with Crippen molar-refractivity contribution in [3.63, 3.8) is 0 Å². The number of hydrogen-bond donors (Lipinski definition) is 1. The van der Waals surface area contributed by atoms with Gasteiger partial charge in [0.2, 0.25) is 10.0 Å². The predicted molar refractivity (Wildman–Crippen MR) is 73.0 cm³/mol. The Morgan fingerprint density at radius 3 is 2.30 bits per heavy atom. The zero-order chi connectivity index (χ0) is 14.3. The molecule has 2 fully saturated rings. The molecule has 1 aromatic rings. The summed E-state index contributed by atoms with van der Waals surface area (Å²) in [5.41, 5.74) is 0.438. The average Bonchev–Trinajstić information content (AvgIpc) is 2.68. The van der Waals surface area contributed by atoms with Crippen LogP contribution in [0.25, 0.3) is 0 Å². The van der Waals surface area contributed by atoms with Crippen LogP contribution in [0.4, 0.5) is 0 Å². The maximum atomic E-state index is 12.6. The van der Waals surface area contributed by atoms with E-state index in [2.05, 4.69) is 15.4 Å². The molecule has 0 aromatic carbocycles. The summed E-state index contributed by atoms with van der Waals surface area (Å²) in [4.78, 5) is 2.59. The van der Waals surface area contributed by atoms with E-state index in [0.29, 0.717) is 30.6 Å². The smallest absolute Gasteiger partial charge is 0.248 e. The van der Waals surface area contributed by atoms with Crippen LogP contribution in [0.15, 0.2) is 9.42 Å². The SMILES string of the molecule is Cc1noc(C)c1S(=O)(=O)N1CCN(C2CNC2)CC1. The first-order chi connectivity index (χ1) is 9.50. The number of piperazine rings is 1. The summed E-state index contributed by atoms with van der Waals surface area (Å²) in [6.07, 6.45) is 0. The molecule has 0 radical (unpaired) electrons. The Morgan fingerprint density at radius 2 is 1.85 bits per heavy atom. The summed E-state index contributed by atoms with van der Waals surface area (Å²) in [5, 5.41) is 6.99. The third-order valence-electron chi connectivity index (χ3n) is 4.12. The lowest BCUT2D eigenvalue weighted by Crippen LogP contribution is -2.62. The van der Waals surface area contributed by atoms with Crippen LogP contribution < -0.4 is 5.32 Å². The summed E-state index contributed by atoms with van der Waals surface area (Å²) in [6.45, 7) is 7.96. The third kappa shape index (κ3) is 2.26. The lowest BCUT2D eigenvalue weighted by Gasteiger charge is -2.42. The molecule has 0 aliphatic carbocycles. The van der Waals surface area contributed by atoms with E-state index in [0.717, 1.165) is 26.2 Å². The Balaban J connectivity index is 1.73. The summed E-state index contributed by atoms with van der Waals surface area (Å²) in [7, 11) is -3.48. The van der Waals surface area contributed by atoms with Crippen LogP contribution in [0.2, 0.25) is 0 Å². The van der Waals surface area contributed by atoms with Crippen molar-refractivity contribution in [1.29, 1.82) is 0 Å². The van der Waals surface area contributed by atoms with Crippen molar-refractivity contribution in [2.24, 2.45) is 0 Å². The van der Waals surface area contributed by atoms with Gasteiger partial charge in [0.05, 0.1) is 0 Å². The molecule has 0 bridgehead atoms. The quantitative estimate of drug-likeness (QED) is 0.816. The van der Waals surface area contributed by atoms with Gasteiger partial charge in [-0.3, -0.25) is 4.90 Å². The van der Waals surface area contributed by atoms with Gasteiger partial charge < -0.3 is 9.84 Å². The maximum absolute atomic E-state index is 12.6. The summed E-state index contributed by atoms with van der Waals surface area (Å²) in [6, 6.07) is 0.568. The minimum atomic E-state index is -3.48. The van der Waals surface area contributed by atoms with Crippen molar-refractivity contribution in [2.75, 3.05) is 39.3 Å². The van der Waals surface area contributed by atoms with Crippen molar-refractivity contribution in [3.05, 3.63) is 11.5 Å². The van der Waals surface area contributed by atoms with Crippen LogP contribution in [0, 0.1) is 13.8 Å². The Hall–Kier alpha value is -0.960. The first-order valence-electron chi connectivity index (χ1n) is 6.88. The van der Waals surface area contributed by atoms with E-state index < -0.39 is 10.0 Å². The number of sulfonamides is 1. The van der Waals surface area contributed by atoms with Gasteiger partial charge in [-0.15, -0.1) is 0 Å². The topological polar surface area (TPSA) is 78.7 Å². The monoisotopic (exact) mass is 300 g/mol. The minimum absolute atomic E-state index is 0.233. The molecule has 3 heterocycles. The van der Waals surface area contributed by atoms with Crippen molar-refractivity contribution in [3.8, 4) is 0 Å². The molecule has 2 saturated heterocycles. The second kappa shape index (κ2) is 5.10. The van der Waals surface area contributed by atoms with Crippen LogP contribution >= 0.6 is 0 Å². The molecule has 0 unspecified atom stereocenters. The normalized spacial score (nSPS) is 22.9. The maximum Gasteiger partial charge on any atom is 0.248 e. The Bertz CT molecular complexity index is 566. The molecule has 8 heteroatoms. The van der Waals surface area contributed by atoms with Gasteiger partial charge in [0.1, 0.15) is 10.6 Å². The first kappa shape index (κ1) is 14.0. The van der Waals surface area contributed by atoms with Gasteiger partial charge in [-0.05, 0) is 13.8 Å². The van der Waals surface area contributed by atoms with Crippen molar-refractivity contribution >= 4 is 10.0 Å². The number of nitrogens with one attached hydrogen (secondary N) is 1. The number of aromatic nitrogens is 1. The van der Waals surface area contributed by atoms with E-state index in [-0.39, 0.29) is 4.90 Å². The van der Waals surface area contributed by atoms with Crippen LogP contribution in [0.5, 0.6) is 0 Å². The van der Waals surface area contributed by atoms with Gasteiger partial charge >= 0.3 is 0 Å². The zero-order valence-electron chi connectivity index (χ0n) is 11.8. The van der Waals surface area contributed by atoms with E-state index in [9.17, 15) is 8.42 Å². The number of rotatable bonds is 3. The first-order valence-corrected chi connectivity index (χ1v) is 8.32. The zero-order valence-corrected chi connectivity index (χ0v) is 12.6. The van der Waals surface area contributed by atoms with E-state index in [1.807, 2.05) is 0 Å². The van der Waals surface area contributed by atoms with Crippen LogP contribution in [-0.4, -0.2) is 68.1 Å². The number of nitrogens with zero attached hydrogens (tertiary/aromatic N) is 3. The highest BCUT2D eigenvalue weighted by Crippen LogP contribution is 2.24. The van der Waals surface area contributed by atoms with Gasteiger partial charge in [-0.1, -0.05) is 5.16 Å². The second-order valence-corrected chi connectivity index (χ2v) is 7.28. The fraction of sp³-hybridized carbons (Fsp3) is 0.750. The standard InChI is InChI=1S/C12H20N4O3S/c1-9-12(10(2)19-14-9)20(17,18)16-5-3-15(4-6-16)11-7-13-8-11/h11,13H,3-8H2,1-2H3. The lowest BCUT2D eigenvalue weighted by atomic mass is 10.1. The van der Waals surface area contributed by atoms with E-state index in [1.165, 1.54) is 0 Å². The van der Waals surface area contributed by atoms with Crippen molar-refractivity contribution in [1.82, 2.24) is 19.7 Å². The third-order valence-corrected chi connectivity index (χ3v) is 6.26. The number of hydrogen-bond acceptors (Lipinski definition) is 6. The fourth-order valence-electron chi connectivity index (χ4n) is 2.81. The lowest BCUT2D eigenvalue weighted by molar-refractivity contribution is 0.103. The molecule has 0 spiro atoms. The average molecular weight is 300 g/mol. The van der Waals surface area contributed by atoms with Gasteiger partial charge in [-0.25, -0.2) is 8.42 Å². The molecular formula is C12H20N4O3S. The predicted octanol–water partition coefficient (Wildman–Crippen LogP) is -0.430. The van der Waals surface area contributed by atoms with Crippen LogP contribution in [0.1, 0.15) is 11.5 Å². The Kier molecular flexibility index (Phi) is 3.57. The summed E-state index contributed by atoms with van der Waals surface area (Å²) >= 11 is 0. The van der Waals surface area contributed by atoms with Gasteiger partial charge in [0.15, 0.2) is 5.76 Å². The van der Waals surface area contributed by atoms with Gasteiger partial charge in [0, 0.05) is 45.3 Å². The van der Waals surface area contributed by atoms with E-state index >= 15 is 0 Å². The largest absolute Gasteiger partial charge is 0.360 e.